The minimum Gasteiger partial charge on any atom is -0.494 e. The number of fused-ring (bicyclic) bond motifs is 8. The van der Waals surface area contributed by atoms with Crippen LogP contribution in [0.2, 0.25) is 0 Å². The number of unbranched alkanes of at least 4 members (excludes halogenated alkanes) is 1. The molecule has 0 spiro atoms. The van der Waals surface area contributed by atoms with Crippen molar-refractivity contribution in [1.82, 2.24) is 0 Å². The fraction of sp³-hybridized carbons (Fsp3) is 0.261. The molecule has 0 saturated heterocycles. The van der Waals surface area contributed by atoms with Crippen molar-refractivity contribution in [2.45, 2.75) is 57.9 Å². The molecule has 9 rings (SSSR count). The van der Waals surface area contributed by atoms with Gasteiger partial charge in [-0.15, -0.1) is 0 Å². The predicted molar refractivity (Wildman–Crippen MR) is 219 cm³/mol. The smallest absolute Gasteiger partial charge is 0.261 e. The van der Waals surface area contributed by atoms with Crippen molar-refractivity contribution >= 4 is 47.0 Å². The first-order chi connectivity index (χ1) is 27.9. The molecule has 5 aromatic carbocycles. The molecule has 4 aliphatic heterocycles. The Morgan fingerprint density at radius 3 is 1.58 bits per heavy atom. The summed E-state index contributed by atoms with van der Waals surface area (Å²) in [5.41, 5.74) is 7.72. The van der Waals surface area contributed by atoms with E-state index in [4.69, 9.17) is 33.7 Å². The molecule has 0 aromatic heterocycles. The predicted octanol–water partition coefficient (Wildman–Crippen LogP) is 8.62. The number of hydrogen-bond donors (Lipinski definition) is 0. The van der Waals surface area contributed by atoms with Crippen LogP contribution in [-0.2, 0) is 26.1 Å². The number of rotatable bonds is 12. The molecule has 57 heavy (non-hydrogen) atoms. The van der Waals surface area contributed by atoms with Gasteiger partial charge in [0, 0.05) is 48.8 Å². The molecule has 288 valence electrons. The van der Waals surface area contributed by atoms with Gasteiger partial charge in [0.1, 0.15) is 19.0 Å². The van der Waals surface area contributed by atoms with Crippen molar-refractivity contribution in [2.24, 2.45) is 9.98 Å². The standard InChI is InChI=1S/C46H42N4O7/c1-4-5-14-55-34-16-28(26-56-43-22-37-35(20-41(43)53-2)45(51)49-32(24-47-37)18-30-10-6-8-12-39(30)49)15-29(17-34)27-57-44-23-38-36(21-42(44)54-3)46(52)50-33(25-48-38)19-31-11-7-9-13-40(31)50/h6-13,15-17,20-25,32-33H,4-5,14,18-19,26-27H2,1-3H3/t32-,33-/m0/s1. The maximum absolute atomic E-state index is 13.9. The number of carbonyl (C=O) groups is 2. The summed E-state index contributed by atoms with van der Waals surface area (Å²) < 4.78 is 30.4. The Morgan fingerprint density at radius 2 is 1.11 bits per heavy atom. The summed E-state index contributed by atoms with van der Waals surface area (Å²) in [4.78, 5) is 40.9. The molecule has 2 amide bonds. The summed E-state index contributed by atoms with van der Waals surface area (Å²) in [6.07, 6.45) is 7.02. The molecule has 4 aliphatic rings. The first kappa shape index (κ1) is 36.0. The third-order valence-corrected chi connectivity index (χ3v) is 10.8. The van der Waals surface area contributed by atoms with E-state index in [0.29, 0.717) is 70.7 Å². The van der Waals surface area contributed by atoms with Crippen LogP contribution >= 0.6 is 0 Å². The molecule has 0 N–H and O–H groups in total. The van der Waals surface area contributed by atoms with Gasteiger partial charge in [-0.25, -0.2) is 0 Å². The zero-order chi connectivity index (χ0) is 39.0. The lowest BCUT2D eigenvalue weighted by atomic mass is 10.1. The summed E-state index contributed by atoms with van der Waals surface area (Å²) in [5, 5.41) is 0. The average Bonchev–Trinajstić information content (AvgIpc) is 3.73. The molecule has 4 heterocycles. The lowest BCUT2D eigenvalue weighted by Crippen LogP contribution is -2.37. The number of methoxy groups -OCH3 is 2. The fourth-order valence-corrected chi connectivity index (χ4v) is 8.01. The highest BCUT2D eigenvalue weighted by Crippen LogP contribution is 2.43. The topological polar surface area (TPSA) is 111 Å². The number of nitrogens with zero attached hydrogens (tertiary/aromatic N) is 4. The molecule has 0 bridgehead atoms. The van der Waals surface area contributed by atoms with Gasteiger partial charge in [0.15, 0.2) is 23.0 Å². The molecule has 0 aliphatic carbocycles. The third kappa shape index (κ3) is 6.73. The molecule has 11 heteroatoms. The van der Waals surface area contributed by atoms with Crippen molar-refractivity contribution in [3.05, 3.63) is 124 Å². The first-order valence-corrected chi connectivity index (χ1v) is 19.3. The second kappa shape index (κ2) is 15.1. The number of hydrogen-bond acceptors (Lipinski definition) is 9. The first-order valence-electron chi connectivity index (χ1n) is 19.3. The number of benzene rings is 5. The van der Waals surface area contributed by atoms with Crippen LogP contribution in [0.3, 0.4) is 0 Å². The maximum atomic E-state index is 13.9. The van der Waals surface area contributed by atoms with Gasteiger partial charge in [0.2, 0.25) is 0 Å². The summed E-state index contributed by atoms with van der Waals surface area (Å²) in [6.45, 7) is 3.07. The molecular weight excluding hydrogens is 721 g/mol. The van der Waals surface area contributed by atoms with Gasteiger partial charge in [-0.1, -0.05) is 49.7 Å². The molecule has 11 nitrogen and oxygen atoms in total. The average molecular weight is 763 g/mol. The van der Waals surface area contributed by atoms with Gasteiger partial charge in [0.25, 0.3) is 11.8 Å². The van der Waals surface area contributed by atoms with Gasteiger partial charge in [0.05, 0.1) is 55.4 Å². The second-order valence-corrected chi connectivity index (χ2v) is 14.5. The lowest BCUT2D eigenvalue weighted by molar-refractivity contribution is 0.0978. The minimum absolute atomic E-state index is 0.125. The number of aliphatic imine (C=N–C) groups is 2. The van der Waals surface area contributed by atoms with Crippen LogP contribution in [0.25, 0.3) is 0 Å². The van der Waals surface area contributed by atoms with Crippen LogP contribution in [0.1, 0.15) is 62.7 Å². The molecule has 2 atom stereocenters. The van der Waals surface area contributed by atoms with Crippen molar-refractivity contribution in [1.29, 1.82) is 0 Å². The van der Waals surface area contributed by atoms with Crippen LogP contribution in [0.15, 0.2) is 101 Å². The number of para-hydroxylation sites is 2. The van der Waals surface area contributed by atoms with E-state index in [-0.39, 0.29) is 37.1 Å². The van der Waals surface area contributed by atoms with E-state index in [9.17, 15) is 9.59 Å². The summed E-state index contributed by atoms with van der Waals surface area (Å²) in [6, 6.07) is 28.5. The normalized spacial score (nSPS) is 17.1. The SMILES string of the molecule is CCCCOc1cc(COc2cc3c(cc2OC)C(=O)N2c4ccccc4C[C@H]2C=N3)cc(COc2cc3c(cc2OC)C(=O)N2c4ccccc4C[C@H]2C=N3)c1. The van der Waals surface area contributed by atoms with E-state index in [1.165, 1.54) is 0 Å². The Bertz CT molecular complexity index is 2300. The van der Waals surface area contributed by atoms with Gasteiger partial charge < -0.3 is 23.7 Å². The number of ether oxygens (including phenoxy) is 5. The van der Waals surface area contributed by atoms with Gasteiger partial charge >= 0.3 is 0 Å². The molecule has 0 saturated carbocycles. The monoisotopic (exact) mass is 762 g/mol. The van der Waals surface area contributed by atoms with Crippen molar-refractivity contribution < 1.29 is 33.3 Å². The quantitative estimate of drug-likeness (QED) is 0.117. The zero-order valence-electron chi connectivity index (χ0n) is 32.1. The third-order valence-electron chi connectivity index (χ3n) is 10.8. The Labute approximate surface area is 331 Å². The molecule has 0 unspecified atom stereocenters. The van der Waals surface area contributed by atoms with Gasteiger partial charge in [-0.2, -0.15) is 0 Å². The highest BCUT2D eigenvalue weighted by molar-refractivity contribution is 6.15. The molecule has 0 radical (unpaired) electrons. The van der Waals surface area contributed by atoms with Crippen LogP contribution in [0.5, 0.6) is 28.7 Å². The van der Waals surface area contributed by atoms with E-state index < -0.39 is 0 Å². The van der Waals surface area contributed by atoms with Crippen molar-refractivity contribution in [2.75, 3.05) is 30.6 Å². The Kier molecular flexibility index (Phi) is 9.57. The molecule has 5 aromatic rings. The zero-order valence-corrected chi connectivity index (χ0v) is 32.1. The Balaban J connectivity index is 0.955. The van der Waals surface area contributed by atoms with Crippen LogP contribution in [0.4, 0.5) is 22.7 Å². The van der Waals surface area contributed by atoms with Crippen LogP contribution in [0, 0.1) is 0 Å². The molecular formula is C46H42N4O7. The lowest BCUT2D eigenvalue weighted by Gasteiger charge is -2.22. The summed E-state index contributed by atoms with van der Waals surface area (Å²) in [7, 11) is 3.12. The van der Waals surface area contributed by atoms with Crippen LogP contribution in [-0.4, -0.2) is 57.2 Å². The largest absolute Gasteiger partial charge is 0.494 e. The highest BCUT2D eigenvalue weighted by atomic mass is 16.5. The Morgan fingerprint density at radius 1 is 0.614 bits per heavy atom. The van der Waals surface area contributed by atoms with E-state index in [0.717, 1.165) is 46.5 Å². The van der Waals surface area contributed by atoms with E-state index in [1.54, 1.807) is 38.5 Å². The number of carbonyl (C=O) groups excluding carboxylic acids is 2. The van der Waals surface area contributed by atoms with E-state index in [2.05, 4.69) is 19.1 Å². The van der Waals surface area contributed by atoms with Crippen LogP contribution < -0.4 is 33.5 Å². The number of amides is 2. The minimum atomic E-state index is -0.161. The fourth-order valence-electron chi connectivity index (χ4n) is 8.01. The summed E-state index contributed by atoms with van der Waals surface area (Å²) in [5.74, 6) is 2.24. The molecule has 0 fully saturated rings. The summed E-state index contributed by atoms with van der Waals surface area (Å²) >= 11 is 0. The van der Waals surface area contributed by atoms with Crippen molar-refractivity contribution in [3.63, 3.8) is 0 Å². The van der Waals surface area contributed by atoms with E-state index in [1.807, 2.05) is 76.8 Å². The van der Waals surface area contributed by atoms with E-state index >= 15 is 0 Å². The maximum Gasteiger partial charge on any atom is 0.261 e. The van der Waals surface area contributed by atoms with Gasteiger partial charge in [-0.05, 0) is 71.1 Å². The van der Waals surface area contributed by atoms with Crippen molar-refractivity contribution in [3.8, 4) is 28.7 Å². The Hall–Kier alpha value is -6.62. The highest BCUT2D eigenvalue weighted by Gasteiger charge is 2.38. The van der Waals surface area contributed by atoms with Gasteiger partial charge in [-0.3, -0.25) is 29.4 Å². The number of anilines is 2. The second-order valence-electron chi connectivity index (χ2n) is 14.5.